The summed E-state index contributed by atoms with van der Waals surface area (Å²) in [6, 6.07) is 1.34. The maximum Gasteiger partial charge on any atom is 0.416 e. The highest BCUT2D eigenvalue weighted by atomic mass is 19.4. The van der Waals surface area contributed by atoms with Crippen molar-refractivity contribution in [2.75, 3.05) is 0 Å². The van der Waals surface area contributed by atoms with Crippen LogP contribution in [0.4, 0.5) is 13.2 Å². The molecule has 7 heteroatoms. The van der Waals surface area contributed by atoms with Gasteiger partial charge in [0.2, 0.25) is 0 Å². The third-order valence-corrected chi connectivity index (χ3v) is 4.06. The second-order valence-electron chi connectivity index (χ2n) is 5.30. The number of hydrogen-bond donors (Lipinski definition) is 3. The van der Waals surface area contributed by atoms with Crippen LogP contribution in [0, 0.1) is 0 Å². The van der Waals surface area contributed by atoms with Gasteiger partial charge >= 0.3 is 12.1 Å². The molecular formula is C14H15F3O4. The summed E-state index contributed by atoms with van der Waals surface area (Å²) in [5, 5.41) is 28.9. The van der Waals surface area contributed by atoms with E-state index in [1.165, 1.54) is 0 Å². The number of benzene rings is 1. The maximum absolute atomic E-state index is 13.2. The zero-order chi connectivity index (χ0) is 15.8. The van der Waals surface area contributed by atoms with E-state index in [2.05, 4.69) is 0 Å². The first-order valence-corrected chi connectivity index (χ1v) is 6.56. The van der Waals surface area contributed by atoms with Crippen molar-refractivity contribution in [3.8, 4) is 11.5 Å². The summed E-state index contributed by atoms with van der Waals surface area (Å²) in [5.41, 5.74) is -3.74. The third-order valence-electron chi connectivity index (χ3n) is 4.06. The summed E-state index contributed by atoms with van der Waals surface area (Å²) in [6.45, 7) is 0. The molecule has 1 aliphatic carbocycles. The first-order valence-electron chi connectivity index (χ1n) is 6.56. The van der Waals surface area contributed by atoms with Crippen LogP contribution < -0.4 is 0 Å². The Kier molecular flexibility index (Phi) is 3.78. The molecule has 0 aliphatic heterocycles. The number of phenolic OH excluding ortho intramolecular Hbond substituents is 2. The Morgan fingerprint density at radius 3 is 2.14 bits per heavy atom. The topological polar surface area (TPSA) is 77.8 Å². The number of carboxylic acids is 1. The lowest BCUT2D eigenvalue weighted by atomic mass is 9.67. The summed E-state index contributed by atoms with van der Waals surface area (Å²) < 4.78 is 39.5. The minimum absolute atomic E-state index is 0.00241. The van der Waals surface area contributed by atoms with Crippen molar-refractivity contribution in [3.63, 3.8) is 0 Å². The number of aliphatic carboxylic acids is 1. The average Bonchev–Trinajstić information content (AvgIpc) is 2.41. The molecule has 0 amide bonds. The average molecular weight is 304 g/mol. The summed E-state index contributed by atoms with van der Waals surface area (Å²) in [7, 11) is 0. The summed E-state index contributed by atoms with van der Waals surface area (Å²) in [5.74, 6) is -3.15. The van der Waals surface area contributed by atoms with E-state index in [0.29, 0.717) is 18.9 Å². The number of carbonyl (C=O) groups is 1. The van der Waals surface area contributed by atoms with Crippen LogP contribution in [0.25, 0.3) is 0 Å². The fourth-order valence-electron chi connectivity index (χ4n) is 3.03. The highest BCUT2D eigenvalue weighted by molar-refractivity contribution is 5.84. The number of alkyl halides is 3. The molecule has 0 radical (unpaired) electrons. The Morgan fingerprint density at radius 2 is 1.67 bits per heavy atom. The first-order chi connectivity index (χ1) is 9.70. The van der Waals surface area contributed by atoms with Crippen molar-refractivity contribution in [1.82, 2.24) is 0 Å². The van der Waals surface area contributed by atoms with Gasteiger partial charge in [0.05, 0.1) is 11.0 Å². The van der Waals surface area contributed by atoms with Crippen LogP contribution in [-0.4, -0.2) is 21.3 Å². The van der Waals surface area contributed by atoms with Crippen LogP contribution in [0.5, 0.6) is 11.5 Å². The number of aromatic hydroxyl groups is 2. The van der Waals surface area contributed by atoms with Crippen molar-refractivity contribution in [1.29, 1.82) is 0 Å². The lowest BCUT2D eigenvalue weighted by Crippen LogP contribution is -2.39. The van der Waals surface area contributed by atoms with Crippen molar-refractivity contribution in [2.24, 2.45) is 0 Å². The minimum atomic E-state index is -4.81. The number of halogens is 3. The smallest absolute Gasteiger partial charge is 0.416 e. The number of rotatable bonds is 2. The van der Waals surface area contributed by atoms with Crippen molar-refractivity contribution in [2.45, 2.75) is 43.7 Å². The Morgan fingerprint density at radius 1 is 1.10 bits per heavy atom. The van der Waals surface area contributed by atoms with Crippen LogP contribution in [0.3, 0.4) is 0 Å². The largest absolute Gasteiger partial charge is 0.504 e. The van der Waals surface area contributed by atoms with Crippen molar-refractivity contribution >= 4 is 5.97 Å². The molecule has 0 saturated heterocycles. The first kappa shape index (κ1) is 15.5. The van der Waals surface area contributed by atoms with Crippen molar-refractivity contribution < 1.29 is 33.3 Å². The molecule has 21 heavy (non-hydrogen) atoms. The molecule has 2 rings (SSSR count). The monoisotopic (exact) mass is 304 g/mol. The van der Waals surface area contributed by atoms with Crippen LogP contribution >= 0.6 is 0 Å². The van der Waals surface area contributed by atoms with Gasteiger partial charge in [-0.2, -0.15) is 13.2 Å². The molecule has 0 spiro atoms. The second kappa shape index (κ2) is 5.13. The molecule has 4 nitrogen and oxygen atoms in total. The van der Waals surface area contributed by atoms with Gasteiger partial charge in [0.25, 0.3) is 0 Å². The van der Waals surface area contributed by atoms with E-state index in [1.54, 1.807) is 0 Å². The fraction of sp³-hybridized carbons (Fsp3) is 0.500. The van der Waals surface area contributed by atoms with E-state index in [1.807, 2.05) is 0 Å². The zero-order valence-electron chi connectivity index (χ0n) is 11.1. The van der Waals surface area contributed by atoms with E-state index < -0.39 is 40.2 Å². The van der Waals surface area contributed by atoms with Crippen LogP contribution in [-0.2, 0) is 16.4 Å². The quantitative estimate of drug-likeness (QED) is 0.732. The number of hydrogen-bond acceptors (Lipinski definition) is 3. The Labute approximate surface area is 118 Å². The number of phenols is 2. The molecule has 1 aliphatic rings. The van der Waals surface area contributed by atoms with E-state index in [4.69, 9.17) is 0 Å². The van der Waals surface area contributed by atoms with Gasteiger partial charge in [0.15, 0.2) is 11.5 Å². The Balaban J connectivity index is 2.75. The van der Waals surface area contributed by atoms with Gasteiger partial charge in [-0.05, 0) is 25.0 Å². The SMILES string of the molecule is O=C(O)C1(c2c(C(F)(F)F)ccc(O)c2O)CCCCC1. The maximum atomic E-state index is 13.2. The van der Waals surface area contributed by atoms with E-state index >= 15 is 0 Å². The molecular weight excluding hydrogens is 289 g/mol. The molecule has 3 N–H and O–H groups in total. The van der Waals surface area contributed by atoms with Crippen LogP contribution in [0.2, 0.25) is 0 Å². The Bertz CT molecular complexity index is 560. The summed E-state index contributed by atoms with van der Waals surface area (Å²) >= 11 is 0. The molecule has 1 fully saturated rings. The van der Waals surface area contributed by atoms with E-state index in [0.717, 1.165) is 12.5 Å². The molecule has 0 atom stereocenters. The standard InChI is InChI=1S/C14H15F3O4/c15-14(16,17)8-4-5-9(18)11(19)10(8)13(12(20)21)6-2-1-3-7-13/h4-5,18-19H,1-3,6-7H2,(H,20,21). The highest BCUT2D eigenvalue weighted by Gasteiger charge is 2.49. The second-order valence-corrected chi connectivity index (χ2v) is 5.30. The predicted octanol–water partition coefficient (Wildman–Crippen LogP) is 3.40. The summed E-state index contributed by atoms with van der Waals surface area (Å²) in [4.78, 5) is 11.7. The Hall–Kier alpha value is -1.92. The predicted molar refractivity (Wildman–Crippen MR) is 67.2 cm³/mol. The molecule has 1 aromatic rings. The van der Waals surface area contributed by atoms with Gasteiger partial charge in [0.1, 0.15) is 0 Å². The fourth-order valence-corrected chi connectivity index (χ4v) is 3.03. The van der Waals surface area contributed by atoms with Gasteiger partial charge < -0.3 is 15.3 Å². The molecule has 116 valence electrons. The van der Waals surface area contributed by atoms with Gasteiger partial charge in [-0.3, -0.25) is 4.79 Å². The van der Waals surface area contributed by atoms with Crippen LogP contribution in [0.1, 0.15) is 43.2 Å². The molecule has 0 aromatic heterocycles. The summed E-state index contributed by atoms with van der Waals surface area (Å²) in [6.07, 6.45) is -3.15. The minimum Gasteiger partial charge on any atom is -0.504 e. The van der Waals surface area contributed by atoms with Gasteiger partial charge in [-0.1, -0.05) is 19.3 Å². The number of carboxylic acid groups (broad SMARTS) is 1. The zero-order valence-corrected chi connectivity index (χ0v) is 11.1. The van der Waals surface area contributed by atoms with Crippen molar-refractivity contribution in [3.05, 3.63) is 23.3 Å². The normalized spacial score (nSPS) is 18.4. The van der Waals surface area contributed by atoms with Gasteiger partial charge in [-0.15, -0.1) is 0 Å². The lowest BCUT2D eigenvalue weighted by molar-refractivity contribution is -0.147. The molecule has 1 saturated carbocycles. The van der Waals surface area contributed by atoms with E-state index in [-0.39, 0.29) is 12.8 Å². The van der Waals surface area contributed by atoms with Crippen LogP contribution in [0.15, 0.2) is 12.1 Å². The third kappa shape index (κ3) is 2.52. The van der Waals surface area contributed by atoms with Gasteiger partial charge in [0, 0.05) is 5.56 Å². The molecule has 0 heterocycles. The lowest BCUT2D eigenvalue weighted by Gasteiger charge is -2.35. The van der Waals surface area contributed by atoms with Gasteiger partial charge in [-0.25, -0.2) is 0 Å². The molecule has 0 bridgehead atoms. The molecule has 0 unspecified atom stereocenters. The highest BCUT2D eigenvalue weighted by Crippen LogP contribution is 2.50. The molecule has 1 aromatic carbocycles. The van der Waals surface area contributed by atoms with E-state index in [9.17, 15) is 33.3 Å².